The van der Waals surface area contributed by atoms with E-state index >= 15 is 0 Å². The fraction of sp³-hybridized carbons (Fsp3) is 0.600. The summed E-state index contributed by atoms with van der Waals surface area (Å²) >= 11 is 0. The summed E-state index contributed by atoms with van der Waals surface area (Å²) in [6.07, 6.45) is 2.21. The Morgan fingerprint density at radius 1 is 1.25 bits per heavy atom. The van der Waals surface area contributed by atoms with Gasteiger partial charge in [0.25, 0.3) is 0 Å². The van der Waals surface area contributed by atoms with E-state index in [4.69, 9.17) is 4.74 Å². The molecule has 7 nitrogen and oxygen atoms in total. The van der Waals surface area contributed by atoms with Crippen LogP contribution in [0, 0.1) is 0 Å². The number of halogens is 1. The van der Waals surface area contributed by atoms with Gasteiger partial charge in [-0.25, -0.2) is 4.99 Å². The van der Waals surface area contributed by atoms with Crippen LogP contribution in [0.3, 0.4) is 0 Å². The number of ether oxygens (including phenoxy) is 1. The minimum atomic E-state index is 0. The number of likely N-dealkylation sites (N-methyl/N-ethyl adjacent to an activating group) is 1. The highest BCUT2D eigenvalue weighted by Gasteiger charge is 2.20. The number of guanidine groups is 1. The van der Waals surface area contributed by atoms with E-state index in [9.17, 15) is 4.79 Å². The number of nitrogens with zero attached hydrogens (tertiary/aromatic N) is 4. The van der Waals surface area contributed by atoms with E-state index in [1.807, 2.05) is 12.1 Å². The first-order chi connectivity index (χ1) is 13.0. The lowest BCUT2D eigenvalue weighted by Crippen LogP contribution is -2.53. The van der Waals surface area contributed by atoms with Gasteiger partial charge in [-0.3, -0.25) is 4.79 Å². The number of benzene rings is 1. The largest absolute Gasteiger partial charge is 0.497 e. The molecule has 0 saturated carbocycles. The van der Waals surface area contributed by atoms with Crippen molar-refractivity contribution in [3.05, 3.63) is 24.3 Å². The first-order valence-electron chi connectivity index (χ1n) is 9.67. The van der Waals surface area contributed by atoms with E-state index in [-0.39, 0.29) is 36.4 Å². The van der Waals surface area contributed by atoms with Gasteiger partial charge in [0.2, 0.25) is 5.91 Å². The number of hydrogen-bond donors (Lipinski definition) is 1. The normalized spacial score (nSPS) is 14.4. The number of piperazine rings is 1. The summed E-state index contributed by atoms with van der Waals surface area (Å²) in [7, 11) is 5.21. The Labute approximate surface area is 186 Å². The third-order valence-corrected chi connectivity index (χ3v) is 4.67. The van der Waals surface area contributed by atoms with Crippen molar-refractivity contribution in [1.82, 2.24) is 15.1 Å². The Balaban J connectivity index is 0.00000392. The standard InChI is InChI=1S/C20H33N5O2.HI/c1-5-6-10-21-20(22-16-19(26)23(2)3)25-13-11-24(12-14-25)17-8-7-9-18(15-17)27-4;/h7-9,15H,5-6,10-14,16H2,1-4H3,(H,21,22);1H. The zero-order valence-corrected chi connectivity index (χ0v) is 19.8. The van der Waals surface area contributed by atoms with E-state index in [0.717, 1.165) is 57.3 Å². The third-order valence-electron chi connectivity index (χ3n) is 4.67. The topological polar surface area (TPSA) is 60.4 Å². The monoisotopic (exact) mass is 503 g/mol. The van der Waals surface area contributed by atoms with Crippen molar-refractivity contribution in [2.45, 2.75) is 19.8 Å². The Bertz CT molecular complexity index is 631. The summed E-state index contributed by atoms with van der Waals surface area (Å²) in [5.74, 6) is 1.73. The molecule has 1 aliphatic rings. The van der Waals surface area contributed by atoms with Crippen molar-refractivity contribution in [3.63, 3.8) is 0 Å². The SMILES string of the molecule is CCCCNC(=NCC(=O)N(C)C)N1CCN(c2cccc(OC)c2)CC1.I. The van der Waals surface area contributed by atoms with Crippen LogP contribution in [-0.2, 0) is 4.79 Å². The fourth-order valence-corrected chi connectivity index (χ4v) is 2.91. The second-order valence-corrected chi connectivity index (χ2v) is 6.88. The lowest BCUT2D eigenvalue weighted by atomic mass is 10.2. The predicted octanol–water partition coefficient (Wildman–Crippen LogP) is 2.27. The highest BCUT2D eigenvalue weighted by molar-refractivity contribution is 14.0. The number of carbonyl (C=O) groups is 1. The Morgan fingerprint density at radius 3 is 2.57 bits per heavy atom. The van der Waals surface area contributed by atoms with Gasteiger partial charge >= 0.3 is 0 Å². The van der Waals surface area contributed by atoms with E-state index in [0.29, 0.717) is 0 Å². The number of unbranched alkanes of at least 4 members (excludes halogenated alkanes) is 1. The average Bonchev–Trinajstić information content (AvgIpc) is 2.70. The number of nitrogens with one attached hydrogen (secondary N) is 1. The number of aliphatic imine (C=N–C) groups is 1. The molecular weight excluding hydrogens is 469 g/mol. The average molecular weight is 503 g/mol. The highest BCUT2D eigenvalue weighted by atomic mass is 127. The minimum Gasteiger partial charge on any atom is -0.497 e. The van der Waals surface area contributed by atoms with Crippen LogP contribution in [0.1, 0.15) is 19.8 Å². The second kappa shape index (κ2) is 12.7. The molecule has 0 atom stereocenters. The summed E-state index contributed by atoms with van der Waals surface area (Å²) in [5, 5.41) is 3.42. The predicted molar refractivity (Wildman–Crippen MR) is 126 cm³/mol. The van der Waals surface area contributed by atoms with Crippen LogP contribution in [0.25, 0.3) is 0 Å². The van der Waals surface area contributed by atoms with Crippen LogP contribution in [0.15, 0.2) is 29.3 Å². The van der Waals surface area contributed by atoms with Crippen molar-refractivity contribution in [3.8, 4) is 5.75 Å². The molecule has 1 N–H and O–H groups in total. The van der Waals surface area contributed by atoms with Gasteiger partial charge in [-0.2, -0.15) is 0 Å². The van der Waals surface area contributed by atoms with Crippen molar-refractivity contribution < 1.29 is 9.53 Å². The quantitative estimate of drug-likeness (QED) is 0.268. The van der Waals surface area contributed by atoms with Crippen molar-refractivity contribution in [2.24, 2.45) is 4.99 Å². The van der Waals surface area contributed by atoms with Gasteiger partial charge in [-0.05, 0) is 18.6 Å². The molecule has 2 rings (SSSR count). The van der Waals surface area contributed by atoms with Gasteiger partial charge in [0.15, 0.2) is 5.96 Å². The van der Waals surface area contributed by atoms with Gasteiger partial charge < -0.3 is 24.8 Å². The number of carbonyl (C=O) groups excluding carboxylic acids is 1. The molecule has 1 aliphatic heterocycles. The van der Waals surface area contributed by atoms with E-state index in [1.165, 1.54) is 5.69 Å². The zero-order chi connectivity index (χ0) is 19.6. The van der Waals surface area contributed by atoms with Gasteiger partial charge in [0.05, 0.1) is 7.11 Å². The van der Waals surface area contributed by atoms with Crippen LogP contribution in [0.5, 0.6) is 5.75 Å². The molecule has 0 spiro atoms. The van der Waals surface area contributed by atoms with Crippen molar-refractivity contribution in [2.75, 3.05) is 65.4 Å². The molecule has 0 bridgehead atoms. The fourth-order valence-electron chi connectivity index (χ4n) is 2.91. The summed E-state index contributed by atoms with van der Waals surface area (Å²) in [5.41, 5.74) is 1.18. The molecule has 1 saturated heterocycles. The molecule has 0 unspecified atom stereocenters. The molecule has 158 valence electrons. The number of rotatable bonds is 7. The van der Waals surface area contributed by atoms with Gasteiger partial charge in [0.1, 0.15) is 12.3 Å². The van der Waals surface area contributed by atoms with Gasteiger partial charge in [0, 0.05) is 58.6 Å². The summed E-state index contributed by atoms with van der Waals surface area (Å²) < 4.78 is 5.33. The number of amides is 1. The number of methoxy groups -OCH3 is 1. The van der Waals surface area contributed by atoms with Gasteiger partial charge in [-0.15, -0.1) is 24.0 Å². The lowest BCUT2D eigenvalue weighted by Gasteiger charge is -2.38. The van der Waals surface area contributed by atoms with Crippen LogP contribution in [0.2, 0.25) is 0 Å². The van der Waals surface area contributed by atoms with Crippen molar-refractivity contribution >= 4 is 41.5 Å². The first kappa shape index (κ1) is 24.3. The summed E-state index contributed by atoms with van der Waals surface area (Å²) in [4.78, 5) is 22.7. The molecule has 0 radical (unpaired) electrons. The molecule has 28 heavy (non-hydrogen) atoms. The van der Waals surface area contributed by atoms with E-state index in [1.54, 1.807) is 26.1 Å². The highest BCUT2D eigenvalue weighted by Crippen LogP contribution is 2.22. The minimum absolute atomic E-state index is 0. The number of hydrogen-bond acceptors (Lipinski definition) is 4. The zero-order valence-electron chi connectivity index (χ0n) is 17.5. The Hall–Kier alpha value is -1.71. The summed E-state index contributed by atoms with van der Waals surface area (Å²) in [6, 6.07) is 8.17. The Kier molecular flexibility index (Phi) is 11.0. The molecule has 1 heterocycles. The second-order valence-electron chi connectivity index (χ2n) is 6.88. The van der Waals surface area contributed by atoms with E-state index < -0.39 is 0 Å². The van der Waals surface area contributed by atoms with Crippen LogP contribution < -0.4 is 15.0 Å². The third kappa shape index (κ3) is 7.37. The first-order valence-corrected chi connectivity index (χ1v) is 9.67. The van der Waals surface area contributed by atoms with Gasteiger partial charge in [-0.1, -0.05) is 19.4 Å². The van der Waals surface area contributed by atoms with E-state index in [2.05, 4.69) is 39.2 Å². The molecule has 1 fully saturated rings. The maximum Gasteiger partial charge on any atom is 0.243 e. The van der Waals surface area contributed by atoms with Crippen LogP contribution in [0.4, 0.5) is 5.69 Å². The van der Waals surface area contributed by atoms with Crippen LogP contribution >= 0.6 is 24.0 Å². The van der Waals surface area contributed by atoms with Crippen molar-refractivity contribution in [1.29, 1.82) is 0 Å². The molecule has 1 amide bonds. The maximum absolute atomic E-state index is 11.9. The molecule has 8 heteroatoms. The lowest BCUT2D eigenvalue weighted by molar-refractivity contribution is -0.127. The van der Waals surface area contributed by atoms with Crippen LogP contribution in [-0.4, -0.2) is 82.1 Å². The summed E-state index contributed by atoms with van der Waals surface area (Å²) in [6.45, 7) is 6.77. The molecular formula is C20H34IN5O2. The smallest absolute Gasteiger partial charge is 0.243 e. The molecule has 0 aromatic heterocycles. The molecule has 1 aromatic rings. The Morgan fingerprint density at radius 2 is 1.96 bits per heavy atom. The molecule has 0 aliphatic carbocycles. The molecule has 1 aromatic carbocycles. The number of anilines is 1. The maximum atomic E-state index is 11.9.